The molecule has 2 heterocycles. The molecule has 0 bridgehead atoms. The van der Waals surface area contributed by atoms with Gasteiger partial charge in [0.25, 0.3) is 5.91 Å². The van der Waals surface area contributed by atoms with Crippen molar-refractivity contribution in [2.75, 3.05) is 12.3 Å². The summed E-state index contributed by atoms with van der Waals surface area (Å²) < 4.78 is 26.7. The molecule has 4 aliphatic rings. The van der Waals surface area contributed by atoms with Gasteiger partial charge in [0.1, 0.15) is 23.0 Å². The van der Waals surface area contributed by atoms with Crippen LogP contribution in [-0.2, 0) is 20.7 Å². The number of ether oxygens (including phenoxy) is 2. The van der Waals surface area contributed by atoms with E-state index in [4.69, 9.17) is 15.2 Å². The number of carbonyl (C=O) groups is 2. The summed E-state index contributed by atoms with van der Waals surface area (Å²) in [6, 6.07) is 6.75. The van der Waals surface area contributed by atoms with Crippen molar-refractivity contribution in [2.24, 2.45) is 11.3 Å². The molecule has 3 fully saturated rings. The number of anilines is 1. The van der Waals surface area contributed by atoms with Crippen molar-refractivity contribution in [1.29, 1.82) is 0 Å². The molecule has 284 valence electrons. The average molecular weight is 724 g/mol. The first-order valence-corrected chi connectivity index (χ1v) is 19.6. The highest BCUT2D eigenvalue weighted by atomic mass is 19.1. The van der Waals surface area contributed by atoms with E-state index in [0.29, 0.717) is 55.0 Å². The number of fused-ring (bicyclic) bond motifs is 1. The number of hydrogen-bond donors (Lipinski definition) is 2. The molecule has 6 rings (SSSR count). The van der Waals surface area contributed by atoms with E-state index in [2.05, 4.69) is 23.5 Å². The molecule has 53 heavy (non-hydrogen) atoms. The highest BCUT2D eigenvalue weighted by Gasteiger charge is 2.39. The molecule has 0 radical (unpaired) electrons. The summed E-state index contributed by atoms with van der Waals surface area (Å²) in [4.78, 5) is 29.9. The van der Waals surface area contributed by atoms with Gasteiger partial charge < -0.3 is 20.5 Å². The van der Waals surface area contributed by atoms with Gasteiger partial charge in [0.05, 0.1) is 6.61 Å². The van der Waals surface area contributed by atoms with Gasteiger partial charge in [-0.1, -0.05) is 29.9 Å². The van der Waals surface area contributed by atoms with E-state index in [0.717, 1.165) is 97.0 Å². The summed E-state index contributed by atoms with van der Waals surface area (Å²) in [5, 5.41) is 3.23. The maximum Gasteiger partial charge on any atom is 0.306 e. The number of nitrogen functional groups attached to an aromatic ring is 1. The van der Waals surface area contributed by atoms with E-state index in [-0.39, 0.29) is 17.9 Å². The van der Waals surface area contributed by atoms with Crippen LogP contribution >= 0.6 is 0 Å². The molecular weight excluding hydrogens is 666 g/mol. The third-order valence-electron chi connectivity index (χ3n) is 11.9. The summed E-state index contributed by atoms with van der Waals surface area (Å²) in [6.45, 7) is 17.1. The Morgan fingerprint density at radius 1 is 1.06 bits per heavy atom. The van der Waals surface area contributed by atoms with Crippen molar-refractivity contribution in [2.45, 2.75) is 136 Å². The first kappa shape index (κ1) is 38.5. The molecule has 1 spiro atoms. The summed E-state index contributed by atoms with van der Waals surface area (Å²) in [5.74, 6) is 1.28. The monoisotopic (exact) mass is 723 g/mol. The van der Waals surface area contributed by atoms with Crippen molar-refractivity contribution in [3.8, 4) is 0 Å². The van der Waals surface area contributed by atoms with Crippen LogP contribution in [0.2, 0.25) is 0 Å². The molecule has 1 saturated heterocycles. The van der Waals surface area contributed by atoms with Crippen LogP contribution in [0.5, 0.6) is 0 Å². The molecule has 7 nitrogen and oxygen atoms in total. The molecule has 8 heteroatoms. The minimum Gasteiger partial charge on any atom is -0.493 e. The minimum atomic E-state index is -0.436. The van der Waals surface area contributed by atoms with Gasteiger partial charge in [-0.3, -0.25) is 9.59 Å². The van der Waals surface area contributed by atoms with Crippen LogP contribution in [0.4, 0.5) is 10.2 Å². The molecule has 3 N–H and O–H groups in total. The Kier molecular flexibility index (Phi) is 11.7. The number of esters is 1. The van der Waals surface area contributed by atoms with Gasteiger partial charge in [-0.25, -0.2) is 9.37 Å². The second-order valence-corrected chi connectivity index (χ2v) is 17.2. The number of nitrogens with zero attached hydrogens (tertiary/aromatic N) is 1. The third kappa shape index (κ3) is 9.68. The van der Waals surface area contributed by atoms with E-state index < -0.39 is 11.4 Å². The highest BCUT2D eigenvalue weighted by Crippen LogP contribution is 2.50. The average Bonchev–Trinajstić information content (AvgIpc) is 3.54. The van der Waals surface area contributed by atoms with E-state index >= 15 is 0 Å². The topological polar surface area (TPSA) is 104 Å². The minimum absolute atomic E-state index is 0.0876. The molecule has 2 aromatic rings. The Balaban J connectivity index is 1.03. The second-order valence-electron chi connectivity index (χ2n) is 17.2. The van der Waals surface area contributed by atoms with Gasteiger partial charge in [0, 0.05) is 36.2 Å². The quantitative estimate of drug-likeness (QED) is 0.187. The number of nitrogens with one attached hydrogen (secondary N) is 1. The van der Waals surface area contributed by atoms with Gasteiger partial charge in [-0.15, -0.1) is 0 Å². The molecule has 1 aromatic heterocycles. The Labute approximate surface area is 315 Å². The number of benzene rings is 1. The number of halogens is 1. The van der Waals surface area contributed by atoms with Crippen molar-refractivity contribution < 1.29 is 23.5 Å². The molecule has 1 aliphatic heterocycles. The lowest BCUT2D eigenvalue weighted by molar-refractivity contribution is -0.155. The largest absolute Gasteiger partial charge is 0.493 e. The molecule has 0 unspecified atom stereocenters. The summed E-state index contributed by atoms with van der Waals surface area (Å²) in [6.07, 6.45) is 15.2. The van der Waals surface area contributed by atoms with Crippen LogP contribution < -0.4 is 11.1 Å². The lowest BCUT2D eigenvalue weighted by atomic mass is 9.62. The van der Waals surface area contributed by atoms with Gasteiger partial charge in [-0.05, 0) is 169 Å². The number of aromatic nitrogens is 1. The number of allylic oxidation sites excluding steroid dienone is 5. The SMILES string of the molecule is C=C1CC(CC(=C)Cc2cc(F)cc(C(=O)NC3CCC4(CCC(CCC(=O)OC(C)(C)C)CC4)CC3)c2)=C2CCOC2=C(c2ccnc(N)c2C)C1. The van der Waals surface area contributed by atoms with Gasteiger partial charge in [0.15, 0.2) is 0 Å². The zero-order chi connectivity index (χ0) is 37.9. The molecule has 1 aromatic carbocycles. The Morgan fingerprint density at radius 2 is 1.77 bits per heavy atom. The highest BCUT2D eigenvalue weighted by molar-refractivity contribution is 5.94. The summed E-state index contributed by atoms with van der Waals surface area (Å²) >= 11 is 0. The van der Waals surface area contributed by atoms with E-state index in [9.17, 15) is 14.0 Å². The lowest BCUT2D eigenvalue weighted by Gasteiger charge is -2.45. The maximum atomic E-state index is 15.0. The summed E-state index contributed by atoms with van der Waals surface area (Å²) in [5.41, 5.74) is 14.7. The number of nitrogens with two attached hydrogens (primary N) is 1. The predicted molar refractivity (Wildman–Crippen MR) is 209 cm³/mol. The molecule has 0 atom stereocenters. The fourth-order valence-corrected chi connectivity index (χ4v) is 9.10. The molecular formula is C45H58FN3O4. The first-order valence-electron chi connectivity index (χ1n) is 19.6. The molecule has 2 saturated carbocycles. The van der Waals surface area contributed by atoms with Crippen LogP contribution in [0.15, 0.2) is 71.7 Å². The first-order chi connectivity index (χ1) is 25.2. The van der Waals surface area contributed by atoms with Crippen LogP contribution in [0.1, 0.15) is 138 Å². The number of rotatable bonds is 10. The fourth-order valence-electron chi connectivity index (χ4n) is 9.10. The standard InChI is InChI=1S/C45H58FN3O4/c1-28(22-33-23-29(2)24-39(41-38(33)14-20-52-41)37-13-19-48-42(47)30(37)3)21-32-25-34(27-35(46)26-32)43(51)49-36-11-17-45(18-12-36)15-9-31(10-16-45)7-8-40(50)53-44(4,5)6/h13,19,25-27,31,36H,1-2,7-12,14-18,20-24H2,3-6H3,(H2,47,48)(H,49,51). The third-order valence-corrected chi connectivity index (χ3v) is 11.9. The van der Waals surface area contributed by atoms with Gasteiger partial charge in [-0.2, -0.15) is 0 Å². The summed E-state index contributed by atoms with van der Waals surface area (Å²) in [7, 11) is 0. The molecule has 1 amide bonds. The normalized spacial score (nSPS) is 23.4. The lowest BCUT2D eigenvalue weighted by Crippen LogP contribution is -2.42. The van der Waals surface area contributed by atoms with E-state index in [1.165, 1.54) is 36.1 Å². The Morgan fingerprint density at radius 3 is 2.49 bits per heavy atom. The van der Waals surface area contributed by atoms with Crippen LogP contribution in [0.3, 0.4) is 0 Å². The van der Waals surface area contributed by atoms with Crippen molar-refractivity contribution >= 4 is 23.3 Å². The van der Waals surface area contributed by atoms with Gasteiger partial charge >= 0.3 is 5.97 Å². The number of pyridine rings is 1. The van der Waals surface area contributed by atoms with Crippen LogP contribution in [0, 0.1) is 24.1 Å². The Hall–Kier alpha value is -4.20. The molecule has 3 aliphatic carbocycles. The second kappa shape index (κ2) is 16.0. The van der Waals surface area contributed by atoms with Crippen LogP contribution in [-0.4, -0.2) is 35.1 Å². The smallest absolute Gasteiger partial charge is 0.306 e. The predicted octanol–water partition coefficient (Wildman–Crippen LogP) is 10.0. The van der Waals surface area contributed by atoms with Gasteiger partial charge in [0.2, 0.25) is 0 Å². The fraction of sp³-hybridized carbons (Fsp3) is 0.533. The van der Waals surface area contributed by atoms with E-state index in [1.54, 1.807) is 6.20 Å². The van der Waals surface area contributed by atoms with Crippen molar-refractivity contribution in [3.05, 3.63) is 99.7 Å². The van der Waals surface area contributed by atoms with Crippen molar-refractivity contribution in [3.63, 3.8) is 0 Å². The Bertz CT molecular complexity index is 1810. The number of carbonyl (C=O) groups excluding carboxylic acids is 2. The van der Waals surface area contributed by atoms with Crippen molar-refractivity contribution in [1.82, 2.24) is 10.3 Å². The number of amides is 1. The van der Waals surface area contributed by atoms with Crippen LogP contribution in [0.25, 0.3) is 5.57 Å². The number of hydrogen-bond acceptors (Lipinski definition) is 6. The zero-order valence-corrected chi connectivity index (χ0v) is 32.3. The zero-order valence-electron chi connectivity index (χ0n) is 32.3. The maximum absolute atomic E-state index is 15.0. The van der Waals surface area contributed by atoms with E-state index in [1.807, 2.05) is 39.8 Å².